The maximum absolute atomic E-state index is 5.31. The third-order valence-corrected chi connectivity index (χ3v) is 3.87. The third kappa shape index (κ3) is 5.21. The topological polar surface area (TPSA) is 27.7 Å². The van der Waals surface area contributed by atoms with E-state index in [2.05, 4.69) is 54.1 Å². The largest absolute Gasteiger partial charge is 0.497 e. The lowest BCUT2D eigenvalue weighted by atomic mass is 10.1. The van der Waals surface area contributed by atoms with E-state index < -0.39 is 0 Å². The van der Waals surface area contributed by atoms with Gasteiger partial charge in [0.1, 0.15) is 5.75 Å². The summed E-state index contributed by atoms with van der Waals surface area (Å²) in [6.45, 7) is 13.3. The number of methoxy groups -OCH3 is 1. The Morgan fingerprint density at radius 2 is 1.86 bits per heavy atom. The van der Waals surface area contributed by atoms with E-state index in [0.717, 1.165) is 45.0 Å². The molecule has 4 nitrogen and oxygen atoms in total. The molecule has 0 aliphatic carbocycles. The SMILES string of the molecule is COc1cccc(N2CCN(CCNC(C)(C)C)CC2)c1. The van der Waals surface area contributed by atoms with Crippen LogP contribution in [0.1, 0.15) is 20.8 Å². The summed E-state index contributed by atoms with van der Waals surface area (Å²) in [5, 5.41) is 3.56. The summed E-state index contributed by atoms with van der Waals surface area (Å²) in [6, 6.07) is 8.35. The molecule has 1 N–H and O–H groups in total. The fourth-order valence-corrected chi connectivity index (χ4v) is 2.63. The number of hydrogen-bond donors (Lipinski definition) is 1. The minimum atomic E-state index is 0.211. The summed E-state index contributed by atoms with van der Waals surface area (Å²) in [7, 11) is 1.72. The molecule has 118 valence electrons. The number of hydrogen-bond acceptors (Lipinski definition) is 4. The Labute approximate surface area is 129 Å². The smallest absolute Gasteiger partial charge is 0.120 e. The van der Waals surface area contributed by atoms with Crippen molar-refractivity contribution in [1.82, 2.24) is 10.2 Å². The summed E-state index contributed by atoms with van der Waals surface area (Å²) in [6.07, 6.45) is 0. The first-order chi connectivity index (χ1) is 9.98. The Hall–Kier alpha value is -1.26. The number of benzene rings is 1. The van der Waals surface area contributed by atoms with Gasteiger partial charge in [0.15, 0.2) is 0 Å². The molecule has 1 heterocycles. The van der Waals surface area contributed by atoms with Gasteiger partial charge < -0.3 is 15.0 Å². The fourth-order valence-electron chi connectivity index (χ4n) is 2.63. The van der Waals surface area contributed by atoms with Gasteiger partial charge in [0.2, 0.25) is 0 Å². The molecule has 1 fully saturated rings. The summed E-state index contributed by atoms with van der Waals surface area (Å²) in [4.78, 5) is 4.98. The van der Waals surface area contributed by atoms with Crippen LogP contribution in [0.2, 0.25) is 0 Å². The van der Waals surface area contributed by atoms with Gasteiger partial charge in [0.25, 0.3) is 0 Å². The molecule has 1 aliphatic rings. The molecule has 0 spiro atoms. The van der Waals surface area contributed by atoms with Crippen molar-refractivity contribution in [2.75, 3.05) is 51.3 Å². The van der Waals surface area contributed by atoms with Gasteiger partial charge in [0.05, 0.1) is 7.11 Å². The summed E-state index contributed by atoms with van der Waals surface area (Å²) in [5.74, 6) is 0.935. The third-order valence-electron chi connectivity index (χ3n) is 3.87. The van der Waals surface area contributed by atoms with Crippen molar-refractivity contribution in [3.8, 4) is 5.75 Å². The second-order valence-corrected chi connectivity index (χ2v) is 6.71. The van der Waals surface area contributed by atoms with Crippen LogP contribution in [0.5, 0.6) is 5.75 Å². The first kappa shape index (κ1) is 16.1. The molecule has 0 unspecified atom stereocenters. The lowest BCUT2D eigenvalue weighted by Crippen LogP contribution is -2.49. The molecule has 0 atom stereocenters. The van der Waals surface area contributed by atoms with E-state index in [4.69, 9.17) is 4.74 Å². The Bertz CT molecular complexity index is 434. The quantitative estimate of drug-likeness (QED) is 0.900. The zero-order valence-corrected chi connectivity index (χ0v) is 13.9. The van der Waals surface area contributed by atoms with Gasteiger partial charge in [-0.05, 0) is 32.9 Å². The Balaban J connectivity index is 1.77. The molecular formula is C17H29N3O. The zero-order valence-electron chi connectivity index (χ0n) is 13.9. The molecule has 0 amide bonds. The van der Waals surface area contributed by atoms with E-state index >= 15 is 0 Å². The number of anilines is 1. The van der Waals surface area contributed by atoms with Crippen LogP contribution < -0.4 is 15.0 Å². The lowest BCUT2D eigenvalue weighted by molar-refractivity contribution is 0.247. The second kappa shape index (κ2) is 7.14. The highest BCUT2D eigenvalue weighted by Crippen LogP contribution is 2.21. The number of nitrogens with zero attached hydrogens (tertiary/aromatic N) is 2. The zero-order chi connectivity index (χ0) is 15.3. The predicted molar refractivity (Wildman–Crippen MR) is 89.4 cm³/mol. The van der Waals surface area contributed by atoms with Gasteiger partial charge in [0, 0.05) is 56.6 Å². The van der Waals surface area contributed by atoms with Gasteiger partial charge >= 0.3 is 0 Å². The average Bonchev–Trinajstić information content (AvgIpc) is 2.47. The van der Waals surface area contributed by atoms with Crippen molar-refractivity contribution in [1.29, 1.82) is 0 Å². The van der Waals surface area contributed by atoms with E-state index in [9.17, 15) is 0 Å². The van der Waals surface area contributed by atoms with Gasteiger partial charge in [-0.25, -0.2) is 0 Å². The maximum Gasteiger partial charge on any atom is 0.120 e. The van der Waals surface area contributed by atoms with Crippen LogP contribution in [-0.2, 0) is 0 Å². The van der Waals surface area contributed by atoms with Crippen molar-refractivity contribution in [2.45, 2.75) is 26.3 Å². The van der Waals surface area contributed by atoms with Crippen LogP contribution in [0, 0.1) is 0 Å². The second-order valence-electron chi connectivity index (χ2n) is 6.71. The number of nitrogens with one attached hydrogen (secondary N) is 1. The van der Waals surface area contributed by atoms with Gasteiger partial charge in [-0.15, -0.1) is 0 Å². The minimum absolute atomic E-state index is 0.211. The normalized spacial score (nSPS) is 17.0. The van der Waals surface area contributed by atoms with Crippen LogP contribution in [0.4, 0.5) is 5.69 Å². The van der Waals surface area contributed by atoms with Crippen molar-refractivity contribution in [3.05, 3.63) is 24.3 Å². The number of piperazine rings is 1. The molecular weight excluding hydrogens is 262 g/mol. The summed E-state index contributed by atoms with van der Waals surface area (Å²) in [5.41, 5.74) is 1.48. The Kier molecular flexibility index (Phi) is 5.48. The molecule has 4 heteroatoms. The molecule has 0 radical (unpaired) electrons. The van der Waals surface area contributed by atoms with Gasteiger partial charge in [-0.3, -0.25) is 4.90 Å². The minimum Gasteiger partial charge on any atom is -0.497 e. The molecule has 2 rings (SSSR count). The molecule has 1 aliphatic heterocycles. The Morgan fingerprint density at radius 1 is 1.14 bits per heavy atom. The van der Waals surface area contributed by atoms with Crippen LogP contribution in [0.25, 0.3) is 0 Å². The predicted octanol–water partition coefficient (Wildman–Crippen LogP) is 2.21. The van der Waals surface area contributed by atoms with E-state index in [0.29, 0.717) is 0 Å². The van der Waals surface area contributed by atoms with E-state index in [1.54, 1.807) is 7.11 Å². The Morgan fingerprint density at radius 3 is 2.48 bits per heavy atom. The van der Waals surface area contributed by atoms with E-state index in [1.165, 1.54) is 5.69 Å². The maximum atomic E-state index is 5.31. The average molecular weight is 291 g/mol. The van der Waals surface area contributed by atoms with Gasteiger partial charge in [-0.2, -0.15) is 0 Å². The van der Waals surface area contributed by atoms with E-state index in [1.807, 2.05) is 6.07 Å². The van der Waals surface area contributed by atoms with Crippen molar-refractivity contribution < 1.29 is 4.74 Å². The first-order valence-electron chi connectivity index (χ1n) is 7.84. The lowest BCUT2D eigenvalue weighted by Gasteiger charge is -2.36. The molecule has 0 aromatic heterocycles. The highest BCUT2D eigenvalue weighted by Gasteiger charge is 2.17. The summed E-state index contributed by atoms with van der Waals surface area (Å²) >= 11 is 0. The fraction of sp³-hybridized carbons (Fsp3) is 0.647. The number of ether oxygens (including phenoxy) is 1. The standard InChI is InChI=1S/C17H29N3O/c1-17(2,3)18-8-9-19-10-12-20(13-11-19)15-6-5-7-16(14-15)21-4/h5-7,14,18H,8-13H2,1-4H3. The molecule has 21 heavy (non-hydrogen) atoms. The van der Waals surface area contributed by atoms with Crippen molar-refractivity contribution in [3.63, 3.8) is 0 Å². The number of rotatable bonds is 5. The highest BCUT2D eigenvalue weighted by molar-refractivity contribution is 5.51. The molecule has 1 saturated heterocycles. The molecule has 0 bridgehead atoms. The van der Waals surface area contributed by atoms with Crippen LogP contribution >= 0.6 is 0 Å². The monoisotopic (exact) mass is 291 g/mol. The first-order valence-corrected chi connectivity index (χ1v) is 7.84. The van der Waals surface area contributed by atoms with E-state index in [-0.39, 0.29) is 5.54 Å². The molecule has 1 aromatic carbocycles. The van der Waals surface area contributed by atoms with Crippen LogP contribution in [0.3, 0.4) is 0 Å². The summed E-state index contributed by atoms with van der Waals surface area (Å²) < 4.78 is 5.31. The molecule has 0 saturated carbocycles. The molecule has 1 aromatic rings. The van der Waals surface area contributed by atoms with Crippen LogP contribution in [-0.4, -0.2) is 56.8 Å². The van der Waals surface area contributed by atoms with Crippen molar-refractivity contribution in [2.24, 2.45) is 0 Å². The van der Waals surface area contributed by atoms with Gasteiger partial charge in [-0.1, -0.05) is 6.07 Å². The highest BCUT2D eigenvalue weighted by atomic mass is 16.5. The van der Waals surface area contributed by atoms with Crippen molar-refractivity contribution >= 4 is 5.69 Å². The van der Waals surface area contributed by atoms with Crippen LogP contribution in [0.15, 0.2) is 24.3 Å².